The summed E-state index contributed by atoms with van der Waals surface area (Å²) in [6, 6.07) is 24.3. The monoisotopic (exact) mass is 380 g/mol. The van der Waals surface area contributed by atoms with Crippen LogP contribution in [0.3, 0.4) is 0 Å². The zero-order chi connectivity index (χ0) is 19.6. The van der Waals surface area contributed by atoms with E-state index in [1.54, 1.807) is 30.8 Å². The lowest BCUT2D eigenvalue weighted by Gasteiger charge is -2.11. The molecule has 2 aromatic heterocycles. The van der Waals surface area contributed by atoms with Crippen LogP contribution in [0.5, 0.6) is 5.75 Å². The summed E-state index contributed by atoms with van der Waals surface area (Å²) in [5.74, 6) is 0.697. The Bertz CT molecular complexity index is 1310. The second-order valence-electron chi connectivity index (χ2n) is 6.47. The van der Waals surface area contributed by atoms with Crippen LogP contribution in [-0.4, -0.2) is 14.7 Å². The molecular weight excluding hydrogens is 364 g/mol. The third kappa shape index (κ3) is 3.17. The zero-order valence-electron chi connectivity index (χ0n) is 15.3. The van der Waals surface area contributed by atoms with Crippen LogP contribution in [0.25, 0.3) is 28.0 Å². The van der Waals surface area contributed by atoms with E-state index in [2.05, 4.69) is 15.2 Å². The van der Waals surface area contributed by atoms with Gasteiger partial charge in [-0.15, -0.1) is 5.11 Å². The fourth-order valence-electron chi connectivity index (χ4n) is 3.23. The molecule has 6 heteroatoms. The standard InChI is InChI=1S/C23H16N4O2/c28-22-13-17(23-11-6-12-29-23)19(26-25-16-7-2-1-3-8-16)14-21(22)27-15-24-18-9-4-5-10-20(18)27/h1-15,28H. The van der Waals surface area contributed by atoms with E-state index in [1.807, 2.05) is 65.2 Å². The van der Waals surface area contributed by atoms with E-state index < -0.39 is 0 Å². The van der Waals surface area contributed by atoms with Gasteiger partial charge in [0.2, 0.25) is 0 Å². The van der Waals surface area contributed by atoms with Gasteiger partial charge in [-0.3, -0.25) is 4.57 Å². The van der Waals surface area contributed by atoms with Gasteiger partial charge in [0, 0.05) is 5.56 Å². The Hall–Kier alpha value is -4.19. The summed E-state index contributed by atoms with van der Waals surface area (Å²) in [6.07, 6.45) is 3.27. The summed E-state index contributed by atoms with van der Waals surface area (Å²) < 4.78 is 7.37. The van der Waals surface area contributed by atoms with Crippen LogP contribution in [0.4, 0.5) is 11.4 Å². The minimum Gasteiger partial charge on any atom is -0.506 e. The third-order valence-corrected chi connectivity index (χ3v) is 4.62. The molecule has 0 bridgehead atoms. The van der Waals surface area contributed by atoms with Crippen LogP contribution in [0, 0.1) is 0 Å². The third-order valence-electron chi connectivity index (χ3n) is 4.62. The Morgan fingerprint density at radius 3 is 2.52 bits per heavy atom. The number of fused-ring (bicyclic) bond motifs is 1. The number of phenolic OH excluding ortho intramolecular Hbond substituents is 1. The molecule has 0 radical (unpaired) electrons. The van der Waals surface area contributed by atoms with E-state index in [1.165, 1.54) is 0 Å². The minimum absolute atomic E-state index is 0.0956. The van der Waals surface area contributed by atoms with Crippen molar-refractivity contribution in [3.63, 3.8) is 0 Å². The molecule has 0 spiro atoms. The number of furan rings is 1. The largest absolute Gasteiger partial charge is 0.506 e. The number of imidazole rings is 1. The molecule has 0 saturated carbocycles. The fourth-order valence-corrected chi connectivity index (χ4v) is 3.23. The Labute approximate surface area is 166 Å². The van der Waals surface area contributed by atoms with E-state index in [0.29, 0.717) is 22.7 Å². The van der Waals surface area contributed by atoms with Crippen molar-refractivity contribution >= 4 is 22.4 Å². The maximum Gasteiger partial charge on any atom is 0.140 e. The summed E-state index contributed by atoms with van der Waals surface area (Å²) in [7, 11) is 0. The van der Waals surface area contributed by atoms with Crippen molar-refractivity contribution in [2.45, 2.75) is 0 Å². The van der Waals surface area contributed by atoms with E-state index >= 15 is 0 Å². The molecule has 0 unspecified atom stereocenters. The van der Waals surface area contributed by atoms with Gasteiger partial charge in [-0.1, -0.05) is 30.3 Å². The fraction of sp³-hybridized carbons (Fsp3) is 0. The maximum atomic E-state index is 10.8. The molecule has 0 aliphatic carbocycles. The second kappa shape index (κ2) is 7.09. The van der Waals surface area contributed by atoms with Crippen LogP contribution < -0.4 is 0 Å². The smallest absolute Gasteiger partial charge is 0.140 e. The SMILES string of the molecule is Oc1cc(-c2ccco2)c(N=Nc2ccccc2)cc1-n1cnc2ccccc21. The first-order chi connectivity index (χ1) is 14.3. The molecule has 3 aromatic carbocycles. The van der Waals surface area contributed by atoms with Gasteiger partial charge in [0.15, 0.2) is 0 Å². The van der Waals surface area contributed by atoms with E-state index in [9.17, 15) is 5.11 Å². The number of phenols is 1. The number of azo groups is 1. The Morgan fingerprint density at radius 2 is 1.69 bits per heavy atom. The molecule has 6 nitrogen and oxygen atoms in total. The summed E-state index contributed by atoms with van der Waals surface area (Å²) in [6.45, 7) is 0. The number of aromatic nitrogens is 2. The molecule has 2 heterocycles. The van der Waals surface area contributed by atoms with Crippen molar-refractivity contribution in [2.75, 3.05) is 0 Å². The van der Waals surface area contributed by atoms with Crippen molar-refractivity contribution in [1.82, 2.24) is 9.55 Å². The molecule has 0 fully saturated rings. The van der Waals surface area contributed by atoms with Crippen LogP contribution in [0.2, 0.25) is 0 Å². The van der Waals surface area contributed by atoms with Gasteiger partial charge in [0.1, 0.15) is 17.8 Å². The lowest BCUT2D eigenvalue weighted by Crippen LogP contribution is -1.93. The normalized spacial score (nSPS) is 11.4. The highest BCUT2D eigenvalue weighted by atomic mass is 16.3. The first-order valence-corrected chi connectivity index (χ1v) is 9.10. The number of aromatic hydroxyl groups is 1. The average molecular weight is 380 g/mol. The first kappa shape index (κ1) is 16.9. The highest BCUT2D eigenvalue weighted by Crippen LogP contribution is 2.39. The van der Waals surface area contributed by atoms with Gasteiger partial charge >= 0.3 is 0 Å². The van der Waals surface area contributed by atoms with Crippen molar-refractivity contribution in [1.29, 1.82) is 0 Å². The van der Waals surface area contributed by atoms with Crippen LogP contribution in [0.1, 0.15) is 0 Å². The molecule has 29 heavy (non-hydrogen) atoms. The Kier molecular flexibility index (Phi) is 4.14. The quantitative estimate of drug-likeness (QED) is 0.366. The Balaban J connectivity index is 1.68. The predicted octanol–water partition coefficient (Wildman–Crippen LogP) is 6.41. The topological polar surface area (TPSA) is 75.9 Å². The maximum absolute atomic E-state index is 10.8. The number of rotatable bonds is 4. The predicted molar refractivity (Wildman–Crippen MR) is 111 cm³/mol. The summed E-state index contributed by atoms with van der Waals surface area (Å²) in [4.78, 5) is 4.41. The van der Waals surface area contributed by atoms with Gasteiger partial charge in [0.25, 0.3) is 0 Å². The summed E-state index contributed by atoms with van der Waals surface area (Å²) in [5.41, 5.74) is 4.26. The first-order valence-electron chi connectivity index (χ1n) is 9.10. The number of para-hydroxylation sites is 2. The number of benzene rings is 3. The second-order valence-corrected chi connectivity index (χ2v) is 6.47. The highest BCUT2D eigenvalue weighted by Gasteiger charge is 2.16. The number of hydrogen-bond donors (Lipinski definition) is 1. The molecule has 5 aromatic rings. The molecule has 0 aliphatic rings. The van der Waals surface area contributed by atoms with Gasteiger partial charge in [-0.05, 0) is 48.5 Å². The Morgan fingerprint density at radius 1 is 0.862 bits per heavy atom. The van der Waals surface area contributed by atoms with Gasteiger partial charge in [-0.25, -0.2) is 4.98 Å². The van der Waals surface area contributed by atoms with Crippen molar-refractivity contribution in [3.05, 3.63) is 91.5 Å². The molecule has 0 atom stereocenters. The lowest BCUT2D eigenvalue weighted by atomic mass is 10.1. The van der Waals surface area contributed by atoms with E-state index in [-0.39, 0.29) is 5.75 Å². The van der Waals surface area contributed by atoms with Crippen molar-refractivity contribution in [3.8, 4) is 22.8 Å². The molecule has 0 saturated heterocycles. The molecular formula is C23H16N4O2. The van der Waals surface area contributed by atoms with Gasteiger partial charge in [0.05, 0.1) is 34.4 Å². The number of hydrogen-bond acceptors (Lipinski definition) is 5. The molecule has 0 aliphatic heterocycles. The number of nitrogens with zero attached hydrogens (tertiary/aromatic N) is 4. The zero-order valence-corrected chi connectivity index (χ0v) is 15.3. The van der Waals surface area contributed by atoms with E-state index in [4.69, 9.17) is 4.42 Å². The van der Waals surface area contributed by atoms with Crippen molar-refractivity contribution < 1.29 is 9.52 Å². The molecule has 5 rings (SSSR count). The van der Waals surface area contributed by atoms with Crippen molar-refractivity contribution in [2.24, 2.45) is 10.2 Å². The summed E-state index contributed by atoms with van der Waals surface area (Å²) >= 11 is 0. The lowest BCUT2D eigenvalue weighted by molar-refractivity contribution is 0.472. The molecule has 140 valence electrons. The van der Waals surface area contributed by atoms with Gasteiger partial charge < -0.3 is 9.52 Å². The molecule has 0 amide bonds. The van der Waals surface area contributed by atoms with Gasteiger partial charge in [-0.2, -0.15) is 5.11 Å². The molecule has 1 N–H and O–H groups in total. The average Bonchev–Trinajstić information content (AvgIpc) is 3.44. The highest BCUT2D eigenvalue weighted by molar-refractivity contribution is 5.81. The van der Waals surface area contributed by atoms with Crippen LogP contribution in [0.15, 0.2) is 106 Å². The summed E-state index contributed by atoms with van der Waals surface area (Å²) in [5, 5.41) is 19.6. The minimum atomic E-state index is 0.0956. The van der Waals surface area contributed by atoms with E-state index in [0.717, 1.165) is 16.7 Å². The van der Waals surface area contributed by atoms with Crippen LogP contribution in [-0.2, 0) is 0 Å². The van der Waals surface area contributed by atoms with Crippen LogP contribution >= 0.6 is 0 Å².